The van der Waals surface area contributed by atoms with Gasteiger partial charge in [0.1, 0.15) is 0 Å². The lowest BCUT2D eigenvalue weighted by molar-refractivity contribution is -0.146. The van der Waals surface area contributed by atoms with Crippen LogP contribution in [0.25, 0.3) is 0 Å². The SMILES string of the molecule is O=C(NCc1nc(C2CC2)no1)C12CC3CC(CC(C3)C1)C2. The minimum absolute atomic E-state index is 0.0892. The first-order chi connectivity index (χ1) is 10.7. The first kappa shape index (κ1) is 13.1. The second-order valence-electron chi connectivity index (χ2n) is 8.20. The molecule has 5 aliphatic carbocycles. The molecule has 5 fully saturated rings. The van der Waals surface area contributed by atoms with E-state index in [4.69, 9.17) is 4.52 Å². The van der Waals surface area contributed by atoms with E-state index in [-0.39, 0.29) is 11.3 Å². The third kappa shape index (κ3) is 2.09. The Balaban J connectivity index is 1.26. The lowest BCUT2D eigenvalue weighted by Gasteiger charge is -2.55. The average molecular weight is 301 g/mol. The van der Waals surface area contributed by atoms with Crippen LogP contribution in [0.2, 0.25) is 0 Å². The van der Waals surface area contributed by atoms with Gasteiger partial charge in [0.25, 0.3) is 0 Å². The highest BCUT2D eigenvalue weighted by molar-refractivity contribution is 5.83. The van der Waals surface area contributed by atoms with Crippen molar-refractivity contribution in [2.24, 2.45) is 23.2 Å². The van der Waals surface area contributed by atoms with Crippen molar-refractivity contribution in [1.29, 1.82) is 0 Å². The lowest BCUT2D eigenvalue weighted by Crippen LogP contribution is -2.53. The Labute approximate surface area is 130 Å². The van der Waals surface area contributed by atoms with Gasteiger partial charge in [0.15, 0.2) is 5.82 Å². The molecule has 1 heterocycles. The van der Waals surface area contributed by atoms with Crippen LogP contribution in [0.4, 0.5) is 0 Å². The maximum absolute atomic E-state index is 12.8. The molecule has 0 atom stereocenters. The molecule has 1 aromatic heterocycles. The summed E-state index contributed by atoms with van der Waals surface area (Å²) in [7, 11) is 0. The van der Waals surface area contributed by atoms with E-state index in [0.29, 0.717) is 18.4 Å². The molecule has 0 unspecified atom stereocenters. The van der Waals surface area contributed by atoms with Crippen molar-refractivity contribution in [3.8, 4) is 0 Å². The van der Waals surface area contributed by atoms with Gasteiger partial charge in [-0.15, -0.1) is 0 Å². The number of aromatic nitrogens is 2. The quantitative estimate of drug-likeness (QED) is 0.928. The zero-order valence-corrected chi connectivity index (χ0v) is 12.9. The smallest absolute Gasteiger partial charge is 0.246 e. The molecule has 0 aromatic carbocycles. The third-order valence-corrected chi connectivity index (χ3v) is 6.35. The Kier molecular flexibility index (Phi) is 2.71. The summed E-state index contributed by atoms with van der Waals surface area (Å²) < 4.78 is 5.26. The first-order valence-electron chi connectivity index (χ1n) is 8.81. The van der Waals surface area contributed by atoms with Gasteiger partial charge < -0.3 is 9.84 Å². The van der Waals surface area contributed by atoms with Gasteiger partial charge in [-0.05, 0) is 69.1 Å². The zero-order chi connectivity index (χ0) is 14.7. The number of nitrogens with one attached hydrogen (secondary N) is 1. The molecule has 0 aliphatic heterocycles. The molecule has 4 bridgehead atoms. The number of nitrogens with zero attached hydrogens (tertiary/aromatic N) is 2. The van der Waals surface area contributed by atoms with E-state index in [1.807, 2.05) is 0 Å². The summed E-state index contributed by atoms with van der Waals surface area (Å²) in [6, 6.07) is 0. The van der Waals surface area contributed by atoms with E-state index >= 15 is 0 Å². The van der Waals surface area contributed by atoms with Crippen molar-refractivity contribution in [2.75, 3.05) is 0 Å². The standard InChI is InChI=1S/C17H23N3O2/c21-16(18-9-14-19-15(20-22-14)13-1-2-13)17-6-10-3-11(7-17)5-12(4-10)8-17/h10-13H,1-9H2,(H,18,21). The topological polar surface area (TPSA) is 68.0 Å². The fourth-order valence-electron chi connectivity index (χ4n) is 5.58. The second-order valence-corrected chi connectivity index (χ2v) is 8.20. The van der Waals surface area contributed by atoms with Gasteiger partial charge in [-0.2, -0.15) is 4.98 Å². The largest absolute Gasteiger partial charge is 0.347 e. The summed E-state index contributed by atoms with van der Waals surface area (Å²) >= 11 is 0. The fourth-order valence-corrected chi connectivity index (χ4v) is 5.58. The van der Waals surface area contributed by atoms with Gasteiger partial charge >= 0.3 is 0 Å². The van der Waals surface area contributed by atoms with E-state index in [2.05, 4.69) is 15.5 Å². The van der Waals surface area contributed by atoms with E-state index in [9.17, 15) is 4.79 Å². The van der Waals surface area contributed by atoms with Crippen LogP contribution in [0.3, 0.4) is 0 Å². The Hall–Kier alpha value is -1.39. The molecule has 6 rings (SSSR count). The molecular weight excluding hydrogens is 278 g/mol. The minimum atomic E-state index is -0.0892. The lowest BCUT2D eigenvalue weighted by atomic mass is 9.49. The fraction of sp³-hybridized carbons (Fsp3) is 0.824. The van der Waals surface area contributed by atoms with Crippen LogP contribution in [0.1, 0.15) is 69.0 Å². The van der Waals surface area contributed by atoms with Gasteiger partial charge in [-0.1, -0.05) is 5.16 Å². The van der Waals surface area contributed by atoms with Crippen LogP contribution in [0.15, 0.2) is 4.52 Å². The summed E-state index contributed by atoms with van der Waals surface area (Å²) in [6.07, 6.45) is 9.71. The zero-order valence-electron chi connectivity index (χ0n) is 12.9. The summed E-state index contributed by atoms with van der Waals surface area (Å²) in [5.41, 5.74) is -0.0892. The van der Waals surface area contributed by atoms with Crippen LogP contribution in [-0.2, 0) is 11.3 Å². The Morgan fingerprint density at radius 1 is 1.14 bits per heavy atom. The minimum Gasteiger partial charge on any atom is -0.347 e. The van der Waals surface area contributed by atoms with Gasteiger partial charge in [0.05, 0.1) is 6.54 Å². The number of carbonyl (C=O) groups excluding carboxylic acids is 1. The maximum Gasteiger partial charge on any atom is 0.246 e. The van der Waals surface area contributed by atoms with E-state index < -0.39 is 0 Å². The van der Waals surface area contributed by atoms with Crippen molar-refractivity contribution in [3.05, 3.63) is 11.7 Å². The molecule has 118 valence electrons. The first-order valence-corrected chi connectivity index (χ1v) is 8.81. The maximum atomic E-state index is 12.8. The molecule has 1 amide bonds. The van der Waals surface area contributed by atoms with Crippen LogP contribution in [-0.4, -0.2) is 16.0 Å². The van der Waals surface area contributed by atoms with Crippen molar-refractivity contribution < 1.29 is 9.32 Å². The highest BCUT2D eigenvalue weighted by Crippen LogP contribution is 2.60. The summed E-state index contributed by atoms with van der Waals surface area (Å²) in [5.74, 6) is 4.48. The van der Waals surface area contributed by atoms with E-state index in [0.717, 1.165) is 42.8 Å². The molecule has 5 heteroatoms. The molecule has 5 saturated carbocycles. The predicted octanol–water partition coefficient (Wildman–Crippen LogP) is 2.78. The van der Waals surface area contributed by atoms with Gasteiger partial charge in [-0.25, -0.2) is 0 Å². The number of amides is 1. The predicted molar refractivity (Wildman–Crippen MR) is 78.7 cm³/mol. The number of hydrogen-bond acceptors (Lipinski definition) is 4. The van der Waals surface area contributed by atoms with Crippen LogP contribution in [0.5, 0.6) is 0 Å². The number of carbonyl (C=O) groups is 1. The van der Waals surface area contributed by atoms with E-state index in [1.165, 1.54) is 32.1 Å². The summed E-state index contributed by atoms with van der Waals surface area (Å²) in [4.78, 5) is 17.2. The highest BCUT2D eigenvalue weighted by Gasteiger charge is 2.54. The highest BCUT2D eigenvalue weighted by atomic mass is 16.5. The second kappa shape index (κ2) is 4.56. The molecule has 22 heavy (non-hydrogen) atoms. The number of hydrogen-bond donors (Lipinski definition) is 1. The molecule has 0 radical (unpaired) electrons. The summed E-state index contributed by atoms with van der Waals surface area (Å²) in [5, 5.41) is 7.10. The molecular formula is C17H23N3O2. The third-order valence-electron chi connectivity index (χ3n) is 6.35. The van der Waals surface area contributed by atoms with Crippen molar-refractivity contribution >= 4 is 5.91 Å². The monoisotopic (exact) mass is 301 g/mol. The van der Waals surface area contributed by atoms with Crippen molar-refractivity contribution in [2.45, 2.75) is 63.8 Å². The average Bonchev–Trinajstić information content (AvgIpc) is 3.22. The molecule has 5 aliphatic rings. The Bertz CT molecular complexity index is 570. The summed E-state index contributed by atoms with van der Waals surface area (Å²) in [6.45, 7) is 0.389. The van der Waals surface area contributed by atoms with Crippen LogP contribution >= 0.6 is 0 Å². The van der Waals surface area contributed by atoms with Crippen LogP contribution in [0, 0.1) is 23.2 Å². The van der Waals surface area contributed by atoms with Crippen LogP contribution < -0.4 is 5.32 Å². The van der Waals surface area contributed by atoms with Crippen molar-refractivity contribution in [3.63, 3.8) is 0 Å². The molecule has 0 spiro atoms. The van der Waals surface area contributed by atoms with Gasteiger partial charge in [-0.3, -0.25) is 4.79 Å². The molecule has 1 aromatic rings. The van der Waals surface area contributed by atoms with Crippen molar-refractivity contribution in [1.82, 2.24) is 15.5 Å². The normalized spacial score (nSPS) is 39.2. The number of rotatable bonds is 4. The molecule has 0 saturated heterocycles. The Morgan fingerprint density at radius 2 is 1.77 bits per heavy atom. The molecule has 5 nitrogen and oxygen atoms in total. The van der Waals surface area contributed by atoms with E-state index in [1.54, 1.807) is 0 Å². The molecule has 1 N–H and O–H groups in total. The van der Waals surface area contributed by atoms with Gasteiger partial charge in [0, 0.05) is 11.3 Å². The van der Waals surface area contributed by atoms with Gasteiger partial charge in [0.2, 0.25) is 11.8 Å². The Morgan fingerprint density at radius 3 is 2.36 bits per heavy atom.